The number of hydrogen-bond acceptors (Lipinski definition) is 4. The lowest BCUT2D eigenvalue weighted by Gasteiger charge is -2.29. The third-order valence-corrected chi connectivity index (χ3v) is 5.44. The Morgan fingerprint density at radius 2 is 1.73 bits per heavy atom. The summed E-state index contributed by atoms with van der Waals surface area (Å²) >= 11 is 0. The molecule has 1 unspecified atom stereocenters. The lowest BCUT2D eigenvalue weighted by molar-refractivity contribution is 0.245. The van der Waals surface area contributed by atoms with E-state index in [1.807, 2.05) is 18.2 Å². The molecule has 1 atom stereocenters. The van der Waals surface area contributed by atoms with Crippen molar-refractivity contribution < 1.29 is 9.47 Å². The molecule has 0 saturated carbocycles. The molecule has 2 aromatic carbocycles. The molecule has 162 valence electrons. The van der Waals surface area contributed by atoms with Crippen molar-refractivity contribution in [2.75, 3.05) is 40.4 Å². The SMILES string of the molecule is CCNC(=NCc1ccc(OC)c(OC)c1)NCC(c1ccccc1)N1CCCC1. The summed E-state index contributed by atoms with van der Waals surface area (Å²) in [6, 6.07) is 17.0. The van der Waals surface area contributed by atoms with Crippen molar-refractivity contribution in [1.29, 1.82) is 0 Å². The van der Waals surface area contributed by atoms with Crippen LogP contribution in [-0.2, 0) is 6.54 Å². The van der Waals surface area contributed by atoms with Crippen LogP contribution in [0.5, 0.6) is 11.5 Å². The van der Waals surface area contributed by atoms with Crippen molar-refractivity contribution in [3.8, 4) is 11.5 Å². The first-order chi connectivity index (χ1) is 14.7. The summed E-state index contributed by atoms with van der Waals surface area (Å²) in [7, 11) is 3.30. The second kappa shape index (κ2) is 11.5. The highest BCUT2D eigenvalue weighted by molar-refractivity contribution is 5.79. The number of ether oxygens (including phenoxy) is 2. The van der Waals surface area contributed by atoms with Gasteiger partial charge in [0.25, 0.3) is 0 Å². The average molecular weight is 411 g/mol. The van der Waals surface area contributed by atoms with Gasteiger partial charge in [0.05, 0.1) is 26.8 Å². The Labute approximate surface area is 180 Å². The van der Waals surface area contributed by atoms with Crippen molar-refractivity contribution in [2.45, 2.75) is 32.4 Å². The van der Waals surface area contributed by atoms with E-state index in [1.54, 1.807) is 14.2 Å². The molecule has 0 amide bonds. The van der Waals surface area contributed by atoms with Gasteiger partial charge in [0, 0.05) is 13.1 Å². The number of nitrogens with one attached hydrogen (secondary N) is 2. The molecule has 1 saturated heterocycles. The number of hydrogen-bond donors (Lipinski definition) is 2. The Morgan fingerprint density at radius 1 is 1.00 bits per heavy atom. The normalized spacial score (nSPS) is 15.6. The molecule has 3 rings (SSSR count). The number of guanidine groups is 1. The van der Waals surface area contributed by atoms with Crippen molar-refractivity contribution in [3.63, 3.8) is 0 Å². The summed E-state index contributed by atoms with van der Waals surface area (Å²) in [5, 5.41) is 6.92. The molecule has 2 N–H and O–H groups in total. The van der Waals surface area contributed by atoms with Gasteiger partial charge < -0.3 is 20.1 Å². The fraction of sp³-hybridized carbons (Fsp3) is 0.458. The number of nitrogens with zero attached hydrogens (tertiary/aromatic N) is 2. The van der Waals surface area contributed by atoms with Gasteiger partial charge in [0.15, 0.2) is 17.5 Å². The van der Waals surface area contributed by atoms with Crippen LogP contribution in [0.3, 0.4) is 0 Å². The molecule has 1 fully saturated rings. The predicted octanol–water partition coefficient (Wildman–Crippen LogP) is 3.60. The van der Waals surface area contributed by atoms with Gasteiger partial charge >= 0.3 is 0 Å². The van der Waals surface area contributed by atoms with Gasteiger partial charge in [-0.1, -0.05) is 36.4 Å². The Hall–Kier alpha value is -2.73. The van der Waals surface area contributed by atoms with Crippen LogP contribution in [0.15, 0.2) is 53.5 Å². The minimum atomic E-state index is 0.346. The van der Waals surface area contributed by atoms with Crippen LogP contribution >= 0.6 is 0 Å². The van der Waals surface area contributed by atoms with Gasteiger partial charge in [-0.05, 0) is 56.1 Å². The van der Waals surface area contributed by atoms with Gasteiger partial charge in [0.2, 0.25) is 0 Å². The number of benzene rings is 2. The summed E-state index contributed by atoms with van der Waals surface area (Å²) in [5.41, 5.74) is 2.42. The average Bonchev–Trinajstić information content (AvgIpc) is 3.32. The lowest BCUT2D eigenvalue weighted by Crippen LogP contribution is -2.42. The molecular weight excluding hydrogens is 376 g/mol. The molecule has 1 aliphatic heterocycles. The molecule has 0 aliphatic carbocycles. The number of likely N-dealkylation sites (tertiary alicyclic amines) is 1. The number of rotatable bonds is 9. The largest absolute Gasteiger partial charge is 0.493 e. The van der Waals surface area contributed by atoms with Crippen LogP contribution in [0.4, 0.5) is 0 Å². The van der Waals surface area contributed by atoms with Gasteiger partial charge in [-0.25, -0.2) is 4.99 Å². The smallest absolute Gasteiger partial charge is 0.191 e. The second-order valence-electron chi connectivity index (χ2n) is 7.43. The van der Waals surface area contributed by atoms with Crippen molar-refractivity contribution in [1.82, 2.24) is 15.5 Å². The summed E-state index contributed by atoms with van der Waals surface area (Å²) in [6.07, 6.45) is 2.55. The fourth-order valence-corrected chi connectivity index (χ4v) is 3.87. The third kappa shape index (κ3) is 5.89. The molecule has 0 radical (unpaired) electrons. The Morgan fingerprint density at radius 3 is 2.40 bits per heavy atom. The Balaban J connectivity index is 1.69. The quantitative estimate of drug-likeness (QED) is 0.489. The van der Waals surface area contributed by atoms with Crippen LogP contribution in [0, 0.1) is 0 Å². The first-order valence-electron chi connectivity index (χ1n) is 10.8. The zero-order valence-electron chi connectivity index (χ0n) is 18.4. The van der Waals surface area contributed by atoms with Gasteiger partial charge in [-0.3, -0.25) is 4.90 Å². The molecule has 2 aromatic rings. The molecule has 0 spiro atoms. The summed E-state index contributed by atoms with van der Waals surface area (Å²) in [6.45, 7) is 6.60. The molecule has 0 aromatic heterocycles. The van der Waals surface area contributed by atoms with Gasteiger partial charge in [-0.15, -0.1) is 0 Å². The maximum atomic E-state index is 5.41. The first kappa shape index (κ1) is 22.0. The van der Waals surface area contributed by atoms with Crippen LogP contribution in [0.1, 0.15) is 36.9 Å². The van der Waals surface area contributed by atoms with Gasteiger partial charge in [0.1, 0.15) is 0 Å². The molecule has 6 nitrogen and oxygen atoms in total. The van der Waals surface area contributed by atoms with E-state index in [9.17, 15) is 0 Å². The van der Waals surface area contributed by atoms with E-state index in [2.05, 4.69) is 52.8 Å². The molecule has 1 aliphatic rings. The zero-order chi connectivity index (χ0) is 21.2. The maximum Gasteiger partial charge on any atom is 0.191 e. The zero-order valence-corrected chi connectivity index (χ0v) is 18.4. The molecule has 6 heteroatoms. The maximum absolute atomic E-state index is 5.41. The minimum absolute atomic E-state index is 0.346. The summed E-state index contributed by atoms with van der Waals surface area (Å²) in [4.78, 5) is 7.36. The summed E-state index contributed by atoms with van der Waals surface area (Å²) in [5.74, 6) is 2.28. The van der Waals surface area contributed by atoms with Crippen molar-refractivity contribution in [2.24, 2.45) is 4.99 Å². The number of aliphatic imine (C=N–C) groups is 1. The van der Waals surface area contributed by atoms with E-state index < -0.39 is 0 Å². The van der Waals surface area contributed by atoms with E-state index in [-0.39, 0.29) is 0 Å². The van der Waals surface area contributed by atoms with Crippen LogP contribution in [0.2, 0.25) is 0 Å². The standard InChI is InChI=1S/C24H34N4O2/c1-4-25-24(26-17-19-12-13-22(29-2)23(16-19)30-3)27-18-21(28-14-8-9-15-28)20-10-6-5-7-11-20/h5-7,10-13,16,21H,4,8-9,14-15,17-18H2,1-3H3,(H2,25,26,27). The number of methoxy groups -OCH3 is 2. The van der Waals surface area contributed by atoms with Crippen molar-refractivity contribution in [3.05, 3.63) is 59.7 Å². The molecule has 1 heterocycles. The lowest BCUT2D eigenvalue weighted by atomic mass is 10.1. The van der Waals surface area contributed by atoms with Crippen molar-refractivity contribution >= 4 is 5.96 Å². The monoisotopic (exact) mass is 410 g/mol. The molecule has 30 heavy (non-hydrogen) atoms. The summed E-state index contributed by atoms with van der Waals surface area (Å²) < 4.78 is 10.7. The second-order valence-corrected chi connectivity index (χ2v) is 7.43. The minimum Gasteiger partial charge on any atom is -0.493 e. The van der Waals surface area contributed by atoms with E-state index >= 15 is 0 Å². The van der Waals surface area contributed by atoms with Crippen LogP contribution < -0.4 is 20.1 Å². The highest BCUT2D eigenvalue weighted by Gasteiger charge is 2.23. The van der Waals surface area contributed by atoms with E-state index in [0.29, 0.717) is 12.6 Å². The Kier molecular flexibility index (Phi) is 8.39. The van der Waals surface area contributed by atoms with E-state index in [0.717, 1.165) is 49.2 Å². The van der Waals surface area contributed by atoms with E-state index in [1.165, 1.54) is 18.4 Å². The first-order valence-corrected chi connectivity index (χ1v) is 10.8. The Bertz CT molecular complexity index is 804. The van der Waals surface area contributed by atoms with E-state index in [4.69, 9.17) is 14.5 Å². The predicted molar refractivity (Wildman–Crippen MR) is 122 cm³/mol. The topological polar surface area (TPSA) is 58.1 Å². The molecule has 0 bridgehead atoms. The highest BCUT2D eigenvalue weighted by atomic mass is 16.5. The molecular formula is C24H34N4O2. The van der Waals surface area contributed by atoms with Crippen LogP contribution in [0.25, 0.3) is 0 Å². The highest BCUT2D eigenvalue weighted by Crippen LogP contribution is 2.28. The van der Waals surface area contributed by atoms with Gasteiger partial charge in [-0.2, -0.15) is 0 Å². The fourth-order valence-electron chi connectivity index (χ4n) is 3.87. The van der Waals surface area contributed by atoms with Crippen LogP contribution in [-0.4, -0.2) is 51.3 Å². The third-order valence-electron chi connectivity index (χ3n) is 5.44.